The zero-order chi connectivity index (χ0) is 13.1. The Kier molecular flexibility index (Phi) is 3.93. The zero-order valence-electron chi connectivity index (χ0n) is 9.78. The molecule has 0 aliphatic rings. The van der Waals surface area contributed by atoms with Crippen LogP contribution in [0, 0.1) is 18.6 Å². The lowest BCUT2D eigenvalue weighted by molar-refractivity contribution is 0.577. The summed E-state index contributed by atoms with van der Waals surface area (Å²) in [5.74, 6) is -0.926. The third-order valence-electron chi connectivity index (χ3n) is 2.33. The van der Waals surface area contributed by atoms with Gasteiger partial charge in [-0.05, 0) is 42.8 Å². The Morgan fingerprint density at radius 2 is 2.00 bits per heavy atom. The van der Waals surface area contributed by atoms with E-state index in [0.29, 0.717) is 11.6 Å². The number of hydrogen-bond acceptors (Lipinski definition) is 3. The van der Waals surface area contributed by atoms with Crippen LogP contribution in [0.25, 0.3) is 0 Å². The molecule has 0 amide bonds. The maximum absolute atomic E-state index is 13.5. The van der Waals surface area contributed by atoms with Gasteiger partial charge in [-0.2, -0.15) is 0 Å². The van der Waals surface area contributed by atoms with Gasteiger partial charge in [0.25, 0.3) is 0 Å². The molecule has 0 fully saturated rings. The summed E-state index contributed by atoms with van der Waals surface area (Å²) < 4.78 is 26.6. The van der Waals surface area contributed by atoms with E-state index < -0.39 is 11.6 Å². The van der Waals surface area contributed by atoms with Gasteiger partial charge in [0.2, 0.25) is 0 Å². The van der Waals surface area contributed by atoms with E-state index in [1.54, 1.807) is 6.07 Å². The predicted octanol–water partition coefficient (Wildman–Crippen LogP) is 3.28. The second-order valence-corrected chi connectivity index (χ2v) is 4.90. The first-order chi connectivity index (χ1) is 8.58. The highest BCUT2D eigenvalue weighted by Crippen LogP contribution is 2.29. The van der Waals surface area contributed by atoms with Crippen molar-refractivity contribution in [2.24, 2.45) is 5.73 Å². The molecule has 2 nitrogen and oxygen atoms in total. The Morgan fingerprint density at radius 3 is 2.72 bits per heavy atom. The van der Waals surface area contributed by atoms with Crippen LogP contribution in [0.3, 0.4) is 0 Å². The first-order valence-electron chi connectivity index (χ1n) is 5.39. The van der Waals surface area contributed by atoms with Crippen LogP contribution in [0.4, 0.5) is 8.78 Å². The number of aryl methyl sites for hydroxylation is 1. The van der Waals surface area contributed by atoms with E-state index >= 15 is 0 Å². The van der Waals surface area contributed by atoms with E-state index in [1.807, 2.05) is 13.0 Å². The van der Waals surface area contributed by atoms with Crippen LogP contribution in [0.15, 0.2) is 40.3 Å². The average Bonchev–Trinajstić information content (AvgIpc) is 2.33. The number of hydrogen-bond donors (Lipinski definition) is 1. The van der Waals surface area contributed by atoms with Crippen LogP contribution in [0.2, 0.25) is 0 Å². The summed E-state index contributed by atoms with van der Waals surface area (Å²) in [6.07, 6.45) is 0. The summed E-state index contributed by atoms with van der Waals surface area (Å²) in [6.45, 7) is 2.23. The predicted molar refractivity (Wildman–Crippen MR) is 67.3 cm³/mol. The minimum atomic E-state index is -0.467. The second kappa shape index (κ2) is 5.46. The van der Waals surface area contributed by atoms with Gasteiger partial charge in [-0.15, -0.1) is 0 Å². The summed E-state index contributed by atoms with van der Waals surface area (Å²) in [5, 5.41) is 0.611. The van der Waals surface area contributed by atoms with Crippen LogP contribution in [0.5, 0.6) is 0 Å². The largest absolute Gasteiger partial charge is 0.326 e. The Morgan fingerprint density at radius 1 is 1.22 bits per heavy atom. The van der Waals surface area contributed by atoms with Gasteiger partial charge in [0.05, 0.1) is 4.90 Å². The molecule has 0 unspecified atom stereocenters. The normalized spacial score (nSPS) is 10.7. The molecular weight excluding hydrogens is 254 g/mol. The maximum Gasteiger partial charge on any atom is 0.137 e. The van der Waals surface area contributed by atoms with Gasteiger partial charge in [-0.25, -0.2) is 13.8 Å². The van der Waals surface area contributed by atoms with Crippen molar-refractivity contribution < 1.29 is 8.78 Å². The lowest BCUT2D eigenvalue weighted by Crippen LogP contribution is -1.98. The van der Waals surface area contributed by atoms with Gasteiger partial charge in [-0.1, -0.05) is 11.8 Å². The molecule has 0 aliphatic carbocycles. The molecule has 0 saturated carbocycles. The molecule has 94 valence electrons. The fourth-order valence-electron chi connectivity index (χ4n) is 1.55. The molecule has 0 saturated heterocycles. The van der Waals surface area contributed by atoms with Gasteiger partial charge in [0, 0.05) is 12.2 Å². The summed E-state index contributed by atoms with van der Waals surface area (Å²) in [6, 6.07) is 7.01. The lowest BCUT2D eigenvalue weighted by atomic mass is 10.2. The second-order valence-electron chi connectivity index (χ2n) is 3.84. The van der Waals surface area contributed by atoms with Crippen molar-refractivity contribution in [1.29, 1.82) is 0 Å². The van der Waals surface area contributed by atoms with Crippen molar-refractivity contribution in [1.82, 2.24) is 4.98 Å². The van der Waals surface area contributed by atoms with Gasteiger partial charge in [0.15, 0.2) is 0 Å². The molecule has 0 atom stereocenters. The molecule has 0 spiro atoms. The van der Waals surface area contributed by atoms with Crippen LogP contribution in [-0.4, -0.2) is 4.98 Å². The third kappa shape index (κ3) is 3.05. The minimum Gasteiger partial charge on any atom is -0.326 e. The molecular formula is C13H12F2N2S. The monoisotopic (exact) mass is 266 g/mol. The fourth-order valence-corrected chi connectivity index (χ4v) is 2.51. The lowest BCUT2D eigenvalue weighted by Gasteiger charge is -2.06. The highest BCUT2D eigenvalue weighted by Gasteiger charge is 2.08. The maximum atomic E-state index is 13.5. The van der Waals surface area contributed by atoms with E-state index in [2.05, 4.69) is 4.98 Å². The zero-order valence-corrected chi connectivity index (χ0v) is 10.6. The molecule has 1 aromatic carbocycles. The quantitative estimate of drug-likeness (QED) is 0.926. The molecule has 1 aromatic heterocycles. The van der Waals surface area contributed by atoms with Crippen molar-refractivity contribution in [3.63, 3.8) is 0 Å². The molecule has 0 radical (unpaired) electrons. The number of pyridine rings is 1. The fraction of sp³-hybridized carbons (Fsp3) is 0.154. The highest BCUT2D eigenvalue weighted by molar-refractivity contribution is 7.99. The number of nitrogens with two attached hydrogens (primary N) is 1. The van der Waals surface area contributed by atoms with Crippen LogP contribution in [0.1, 0.15) is 11.3 Å². The first kappa shape index (κ1) is 13.0. The number of aromatic nitrogens is 1. The number of rotatable bonds is 3. The Balaban J connectivity index is 2.33. The van der Waals surface area contributed by atoms with Gasteiger partial charge in [0.1, 0.15) is 16.7 Å². The summed E-state index contributed by atoms with van der Waals surface area (Å²) >= 11 is 1.09. The van der Waals surface area contributed by atoms with Gasteiger partial charge < -0.3 is 5.73 Å². The average molecular weight is 266 g/mol. The van der Waals surface area contributed by atoms with E-state index in [1.165, 1.54) is 0 Å². The Bertz CT molecular complexity index is 573. The molecule has 18 heavy (non-hydrogen) atoms. The number of nitrogens with zero attached hydrogens (tertiary/aromatic N) is 1. The summed E-state index contributed by atoms with van der Waals surface area (Å²) in [5.41, 5.74) is 7.29. The summed E-state index contributed by atoms with van der Waals surface area (Å²) in [7, 11) is 0. The minimum absolute atomic E-state index is 0.219. The molecule has 5 heteroatoms. The Labute approximate surface area is 108 Å². The highest BCUT2D eigenvalue weighted by atomic mass is 32.2. The van der Waals surface area contributed by atoms with Crippen molar-refractivity contribution in [2.45, 2.75) is 23.4 Å². The van der Waals surface area contributed by atoms with Gasteiger partial charge in [-0.3, -0.25) is 0 Å². The van der Waals surface area contributed by atoms with Crippen LogP contribution >= 0.6 is 11.8 Å². The molecule has 0 bridgehead atoms. The molecule has 0 aliphatic heterocycles. The van der Waals surface area contributed by atoms with Crippen molar-refractivity contribution in [3.8, 4) is 0 Å². The van der Waals surface area contributed by atoms with E-state index in [4.69, 9.17) is 5.73 Å². The van der Waals surface area contributed by atoms with E-state index in [-0.39, 0.29) is 4.90 Å². The van der Waals surface area contributed by atoms with Crippen molar-refractivity contribution in [3.05, 3.63) is 53.2 Å². The molecule has 1 heterocycles. The molecule has 2 aromatic rings. The SMILES string of the molecule is Cc1cc(CN)cc(Sc2cc(F)ccc2F)n1. The molecule has 2 N–H and O–H groups in total. The van der Waals surface area contributed by atoms with E-state index in [9.17, 15) is 8.78 Å². The number of halogens is 2. The van der Waals surface area contributed by atoms with Gasteiger partial charge >= 0.3 is 0 Å². The topological polar surface area (TPSA) is 38.9 Å². The smallest absolute Gasteiger partial charge is 0.137 e. The van der Waals surface area contributed by atoms with Crippen LogP contribution < -0.4 is 5.73 Å². The van der Waals surface area contributed by atoms with Crippen molar-refractivity contribution >= 4 is 11.8 Å². The standard InChI is InChI=1S/C13H12F2N2S/c1-8-4-9(7-16)5-13(17-8)18-12-6-10(14)2-3-11(12)15/h2-6H,7,16H2,1H3. The number of benzene rings is 1. The van der Waals surface area contributed by atoms with E-state index in [0.717, 1.165) is 41.2 Å². The molecule has 2 rings (SSSR count). The first-order valence-corrected chi connectivity index (χ1v) is 6.20. The van der Waals surface area contributed by atoms with Crippen LogP contribution in [-0.2, 0) is 6.54 Å². The van der Waals surface area contributed by atoms with Crippen molar-refractivity contribution in [2.75, 3.05) is 0 Å². The third-order valence-corrected chi connectivity index (χ3v) is 3.28. The Hall–Kier alpha value is -1.46. The summed E-state index contributed by atoms with van der Waals surface area (Å²) in [4.78, 5) is 4.48.